The first kappa shape index (κ1) is 14.8. The van der Waals surface area contributed by atoms with Crippen molar-refractivity contribution in [2.75, 3.05) is 0 Å². The zero-order valence-electron chi connectivity index (χ0n) is 10.8. The van der Waals surface area contributed by atoms with E-state index in [1.54, 1.807) is 6.92 Å². The third kappa shape index (κ3) is 3.30. The lowest BCUT2D eigenvalue weighted by atomic mass is 10.1. The van der Waals surface area contributed by atoms with E-state index < -0.39 is 0 Å². The van der Waals surface area contributed by atoms with Crippen LogP contribution in [0.2, 0.25) is 0 Å². The summed E-state index contributed by atoms with van der Waals surface area (Å²) >= 11 is 1.92. The van der Waals surface area contributed by atoms with Gasteiger partial charge in [0, 0.05) is 24.7 Å². The zero-order chi connectivity index (χ0) is 14.7. The Hall–Kier alpha value is -1.57. The minimum absolute atomic E-state index is 0.129. The van der Waals surface area contributed by atoms with E-state index in [1.165, 1.54) is 35.0 Å². The summed E-state index contributed by atoms with van der Waals surface area (Å²) in [5.74, 6) is 0.0629. The molecule has 0 radical (unpaired) electrons. The summed E-state index contributed by atoms with van der Waals surface area (Å²) in [5, 5.41) is 0. The molecule has 2 aromatic rings. The van der Waals surface area contributed by atoms with Crippen LogP contribution in [0.15, 0.2) is 35.3 Å². The highest BCUT2D eigenvalue weighted by molar-refractivity contribution is 14.1. The molecule has 0 saturated heterocycles. The average molecular weight is 386 g/mol. The summed E-state index contributed by atoms with van der Waals surface area (Å²) in [7, 11) is 0. The number of aryl methyl sites for hydroxylation is 1. The first-order valence-corrected chi connectivity index (χ1v) is 7.07. The van der Waals surface area contributed by atoms with Gasteiger partial charge in [-0.3, -0.25) is 14.2 Å². The second-order valence-corrected chi connectivity index (χ2v) is 5.45. The molecule has 0 aliphatic carbocycles. The van der Waals surface area contributed by atoms with Crippen LogP contribution < -0.4 is 5.56 Å². The van der Waals surface area contributed by atoms with Crippen molar-refractivity contribution >= 4 is 28.4 Å². The van der Waals surface area contributed by atoms with E-state index in [9.17, 15) is 14.0 Å². The molecule has 0 bridgehead atoms. The molecule has 2 rings (SSSR count). The number of nitrogens with zero attached hydrogens (tertiary/aromatic N) is 2. The quantitative estimate of drug-likeness (QED) is 0.600. The van der Waals surface area contributed by atoms with Crippen molar-refractivity contribution in [3.05, 3.63) is 61.6 Å². The molecule has 0 aliphatic heterocycles. The summed E-state index contributed by atoms with van der Waals surface area (Å²) in [4.78, 5) is 28.0. The van der Waals surface area contributed by atoms with Gasteiger partial charge in [0.1, 0.15) is 11.6 Å². The number of rotatable bonds is 4. The van der Waals surface area contributed by atoms with E-state index in [4.69, 9.17) is 0 Å². The van der Waals surface area contributed by atoms with Gasteiger partial charge in [0.15, 0.2) is 5.78 Å². The predicted molar refractivity (Wildman–Crippen MR) is 81.3 cm³/mol. The van der Waals surface area contributed by atoms with Crippen molar-refractivity contribution < 1.29 is 9.18 Å². The van der Waals surface area contributed by atoms with E-state index >= 15 is 0 Å². The molecule has 104 valence electrons. The third-order valence-electron chi connectivity index (χ3n) is 2.93. The maximum atomic E-state index is 12.8. The first-order chi connectivity index (χ1) is 9.49. The van der Waals surface area contributed by atoms with Crippen molar-refractivity contribution in [2.45, 2.75) is 19.9 Å². The molecule has 0 fully saturated rings. The second-order valence-electron chi connectivity index (χ2n) is 4.29. The van der Waals surface area contributed by atoms with Gasteiger partial charge in [-0.15, -0.1) is 0 Å². The van der Waals surface area contributed by atoms with Gasteiger partial charge in [0.05, 0.1) is 3.57 Å². The van der Waals surface area contributed by atoms with Crippen molar-refractivity contribution in [1.82, 2.24) is 9.55 Å². The number of Topliss-reactive ketones (excluding diaryl/α,β-unsaturated/α-hetero) is 1. The smallest absolute Gasteiger partial charge is 0.266 e. The molecule has 0 saturated carbocycles. The monoisotopic (exact) mass is 386 g/mol. The van der Waals surface area contributed by atoms with E-state index in [0.29, 0.717) is 15.0 Å². The largest absolute Gasteiger partial charge is 0.296 e. The van der Waals surface area contributed by atoms with Gasteiger partial charge in [0.2, 0.25) is 0 Å². The van der Waals surface area contributed by atoms with E-state index in [0.717, 1.165) is 0 Å². The molecule has 0 spiro atoms. The maximum absolute atomic E-state index is 12.8. The highest BCUT2D eigenvalue weighted by atomic mass is 127. The molecule has 1 aromatic heterocycles. The number of carbonyl (C=O) groups is 1. The highest BCUT2D eigenvalue weighted by Crippen LogP contribution is 2.07. The lowest BCUT2D eigenvalue weighted by Gasteiger charge is -2.08. The number of ketones is 1. The van der Waals surface area contributed by atoms with Crippen LogP contribution in [0, 0.1) is 16.3 Å². The second kappa shape index (κ2) is 6.25. The van der Waals surface area contributed by atoms with Crippen LogP contribution >= 0.6 is 22.6 Å². The first-order valence-electron chi connectivity index (χ1n) is 6.00. The van der Waals surface area contributed by atoms with Crippen LogP contribution in [0.25, 0.3) is 0 Å². The van der Waals surface area contributed by atoms with Crippen LogP contribution in [0.4, 0.5) is 4.39 Å². The molecule has 6 heteroatoms. The Labute approximate surface area is 128 Å². The topological polar surface area (TPSA) is 52.0 Å². The Bertz CT molecular complexity index is 695. The molecular weight excluding hydrogens is 374 g/mol. The normalized spacial score (nSPS) is 10.6. The predicted octanol–water partition coefficient (Wildman–Crippen LogP) is 2.57. The van der Waals surface area contributed by atoms with Gasteiger partial charge in [-0.25, -0.2) is 9.37 Å². The molecule has 0 amide bonds. The SMILES string of the molecule is Cc1ncc(I)c(=O)n1CCC(=O)c1ccc(F)cc1. The fourth-order valence-electron chi connectivity index (χ4n) is 1.81. The summed E-state index contributed by atoms with van der Waals surface area (Å²) < 4.78 is 14.8. The Balaban J connectivity index is 2.13. The van der Waals surface area contributed by atoms with Gasteiger partial charge in [-0.2, -0.15) is 0 Å². The summed E-state index contributed by atoms with van der Waals surface area (Å²) in [6.07, 6.45) is 1.69. The van der Waals surface area contributed by atoms with Gasteiger partial charge in [-0.05, 0) is 53.8 Å². The number of halogens is 2. The molecule has 20 heavy (non-hydrogen) atoms. The van der Waals surface area contributed by atoms with Gasteiger partial charge in [0.25, 0.3) is 5.56 Å². The molecule has 0 atom stereocenters. The lowest BCUT2D eigenvalue weighted by Crippen LogP contribution is -2.26. The molecule has 1 heterocycles. The van der Waals surface area contributed by atoms with E-state index in [2.05, 4.69) is 4.98 Å². The summed E-state index contributed by atoms with van der Waals surface area (Å²) in [5.41, 5.74) is 0.292. The van der Waals surface area contributed by atoms with Crippen molar-refractivity contribution in [2.24, 2.45) is 0 Å². The molecule has 0 N–H and O–H groups in total. The van der Waals surface area contributed by atoms with Crippen molar-refractivity contribution in [3.63, 3.8) is 0 Å². The van der Waals surface area contributed by atoms with Crippen LogP contribution in [-0.2, 0) is 6.54 Å². The number of carbonyl (C=O) groups excluding carboxylic acids is 1. The minimum Gasteiger partial charge on any atom is -0.296 e. The van der Waals surface area contributed by atoms with Crippen molar-refractivity contribution in [3.8, 4) is 0 Å². The van der Waals surface area contributed by atoms with Crippen LogP contribution in [0.1, 0.15) is 22.6 Å². The highest BCUT2D eigenvalue weighted by Gasteiger charge is 2.10. The van der Waals surface area contributed by atoms with Gasteiger partial charge >= 0.3 is 0 Å². The Morgan fingerprint density at radius 1 is 1.35 bits per heavy atom. The van der Waals surface area contributed by atoms with E-state index in [1.807, 2.05) is 22.6 Å². The molecular formula is C14H12FIN2O2. The zero-order valence-corrected chi connectivity index (χ0v) is 12.9. The summed E-state index contributed by atoms with van der Waals surface area (Å²) in [6.45, 7) is 1.99. The lowest BCUT2D eigenvalue weighted by molar-refractivity contribution is 0.0976. The Morgan fingerprint density at radius 2 is 2.00 bits per heavy atom. The van der Waals surface area contributed by atoms with Gasteiger partial charge < -0.3 is 0 Å². The fraction of sp³-hybridized carbons (Fsp3) is 0.214. The van der Waals surface area contributed by atoms with Crippen molar-refractivity contribution in [1.29, 1.82) is 0 Å². The summed E-state index contributed by atoms with van der Waals surface area (Å²) in [6, 6.07) is 5.38. The maximum Gasteiger partial charge on any atom is 0.266 e. The Kier molecular flexibility index (Phi) is 4.64. The number of benzene rings is 1. The van der Waals surface area contributed by atoms with Gasteiger partial charge in [-0.1, -0.05) is 0 Å². The van der Waals surface area contributed by atoms with Crippen LogP contribution in [-0.4, -0.2) is 15.3 Å². The molecule has 4 nitrogen and oxygen atoms in total. The minimum atomic E-state index is -0.379. The molecule has 0 aliphatic rings. The Morgan fingerprint density at radius 3 is 2.65 bits per heavy atom. The number of hydrogen-bond donors (Lipinski definition) is 0. The van der Waals surface area contributed by atoms with Crippen LogP contribution in [0.3, 0.4) is 0 Å². The van der Waals surface area contributed by atoms with E-state index in [-0.39, 0.29) is 30.1 Å². The average Bonchev–Trinajstić information content (AvgIpc) is 2.43. The standard InChI is InChI=1S/C14H12FIN2O2/c1-9-17-8-12(16)14(20)18(9)7-6-13(19)10-2-4-11(15)5-3-10/h2-5,8H,6-7H2,1H3. The fourth-order valence-corrected chi connectivity index (χ4v) is 2.24. The molecule has 0 unspecified atom stereocenters. The number of hydrogen-bond acceptors (Lipinski definition) is 3. The molecule has 1 aromatic carbocycles. The van der Waals surface area contributed by atoms with Crippen LogP contribution in [0.5, 0.6) is 0 Å². The third-order valence-corrected chi connectivity index (χ3v) is 3.67. The number of aromatic nitrogens is 2.